The number of hydrogen-bond donors (Lipinski definition) is 0. The van der Waals surface area contributed by atoms with Gasteiger partial charge >= 0.3 is 0 Å². The highest BCUT2D eigenvalue weighted by Gasteiger charge is 2.27. The monoisotopic (exact) mass is 486 g/mol. The Kier molecular flexibility index (Phi) is 6.29. The number of piperazine rings is 1. The number of hydrogen-bond acceptors (Lipinski definition) is 7. The van der Waals surface area contributed by atoms with E-state index < -0.39 is 0 Å². The number of amides is 2. The molecule has 0 unspecified atom stereocenters. The van der Waals surface area contributed by atoms with Gasteiger partial charge in [0.15, 0.2) is 10.9 Å². The predicted octanol–water partition coefficient (Wildman–Crippen LogP) is 3.03. The largest absolute Gasteiger partial charge is 0.459 e. The SMILES string of the molecule is CCCn1c(SCC(=O)N2CCN(C(=O)c3ccco3)CC2)nc2sc3c(c2c1=O)CCC3. The van der Waals surface area contributed by atoms with Gasteiger partial charge in [-0.15, -0.1) is 11.3 Å². The van der Waals surface area contributed by atoms with Gasteiger partial charge in [-0.05, 0) is 43.4 Å². The summed E-state index contributed by atoms with van der Waals surface area (Å²) in [7, 11) is 0. The molecule has 3 aromatic heterocycles. The van der Waals surface area contributed by atoms with E-state index in [2.05, 4.69) is 0 Å². The first kappa shape index (κ1) is 22.2. The average Bonchev–Trinajstić information content (AvgIpc) is 3.57. The highest BCUT2D eigenvalue weighted by Crippen LogP contribution is 2.35. The van der Waals surface area contributed by atoms with Gasteiger partial charge in [-0.3, -0.25) is 19.0 Å². The molecule has 0 radical (unpaired) electrons. The number of aryl methyl sites for hydroxylation is 2. The maximum absolute atomic E-state index is 13.3. The Morgan fingerprint density at radius 2 is 1.97 bits per heavy atom. The summed E-state index contributed by atoms with van der Waals surface area (Å²) >= 11 is 2.96. The molecular weight excluding hydrogens is 460 g/mol. The summed E-state index contributed by atoms with van der Waals surface area (Å²) in [6.07, 6.45) is 5.40. The lowest BCUT2D eigenvalue weighted by Gasteiger charge is -2.34. The first-order valence-corrected chi connectivity index (χ1v) is 13.2. The fourth-order valence-electron chi connectivity index (χ4n) is 4.52. The van der Waals surface area contributed by atoms with Crippen LogP contribution in [0.25, 0.3) is 10.2 Å². The topological polar surface area (TPSA) is 88.7 Å². The van der Waals surface area contributed by atoms with Crippen LogP contribution in [0.4, 0.5) is 0 Å². The minimum absolute atomic E-state index is 0.00355. The molecule has 33 heavy (non-hydrogen) atoms. The van der Waals surface area contributed by atoms with Crippen LogP contribution in [-0.2, 0) is 24.2 Å². The van der Waals surface area contributed by atoms with E-state index in [1.54, 1.807) is 37.8 Å². The summed E-state index contributed by atoms with van der Waals surface area (Å²) in [5.74, 6) is 0.389. The van der Waals surface area contributed by atoms with Gasteiger partial charge < -0.3 is 14.2 Å². The maximum Gasteiger partial charge on any atom is 0.289 e. The van der Waals surface area contributed by atoms with Crippen LogP contribution in [0.3, 0.4) is 0 Å². The summed E-state index contributed by atoms with van der Waals surface area (Å²) in [5, 5.41) is 1.41. The summed E-state index contributed by atoms with van der Waals surface area (Å²) in [5.41, 5.74) is 1.22. The van der Waals surface area contributed by atoms with Crippen molar-refractivity contribution >= 4 is 45.1 Å². The average molecular weight is 487 g/mol. The molecule has 10 heteroatoms. The van der Waals surface area contributed by atoms with E-state index in [-0.39, 0.29) is 23.1 Å². The van der Waals surface area contributed by atoms with Crippen molar-refractivity contribution in [2.75, 3.05) is 31.9 Å². The Morgan fingerprint density at radius 1 is 1.18 bits per heavy atom. The standard InChI is InChI=1S/C23H26N4O4S2/c1-2-8-27-22(30)19-15-5-3-7-17(15)33-20(19)24-23(27)32-14-18(28)25-9-11-26(12-10-25)21(29)16-6-4-13-31-16/h4,6,13H,2-3,5,7-12,14H2,1H3. The van der Waals surface area contributed by atoms with Crippen molar-refractivity contribution in [3.63, 3.8) is 0 Å². The zero-order valence-corrected chi connectivity index (χ0v) is 20.2. The lowest BCUT2D eigenvalue weighted by molar-refractivity contribution is -0.129. The van der Waals surface area contributed by atoms with Gasteiger partial charge in [-0.25, -0.2) is 4.98 Å². The molecule has 0 N–H and O–H groups in total. The molecular formula is C23H26N4O4S2. The summed E-state index contributed by atoms with van der Waals surface area (Å²) in [6, 6.07) is 3.34. The van der Waals surface area contributed by atoms with Gasteiger partial charge in [0.1, 0.15) is 4.83 Å². The number of fused-ring (bicyclic) bond motifs is 3. The van der Waals surface area contributed by atoms with Gasteiger partial charge in [0, 0.05) is 37.6 Å². The molecule has 5 rings (SSSR count). The fourth-order valence-corrected chi connectivity index (χ4v) is 6.75. The van der Waals surface area contributed by atoms with Gasteiger partial charge in [-0.1, -0.05) is 18.7 Å². The summed E-state index contributed by atoms with van der Waals surface area (Å²) in [4.78, 5) is 49.0. The van der Waals surface area contributed by atoms with Crippen LogP contribution in [0.15, 0.2) is 32.8 Å². The molecule has 0 saturated carbocycles. The van der Waals surface area contributed by atoms with E-state index in [0.717, 1.165) is 35.9 Å². The van der Waals surface area contributed by atoms with Crippen molar-refractivity contribution in [3.05, 3.63) is 45.0 Å². The fraction of sp³-hybridized carbons (Fsp3) is 0.478. The van der Waals surface area contributed by atoms with Crippen LogP contribution in [0.2, 0.25) is 0 Å². The zero-order valence-electron chi connectivity index (χ0n) is 18.5. The third-order valence-electron chi connectivity index (χ3n) is 6.21. The smallest absolute Gasteiger partial charge is 0.289 e. The van der Waals surface area contributed by atoms with Crippen molar-refractivity contribution in [1.82, 2.24) is 19.4 Å². The number of carbonyl (C=O) groups is 2. The molecule has 8 nitrogen and oxygen atoms in total. The molecule has 1 saturated heterocycles. The number of carbonyl (C=O) groups excluding carboxylic acids is 2. The van der Waals surface area contributed by atoms with E-state index in [0.29, 0.717) is 43.6 Å². The van der Waals surface area contributed by atoms with Gasteiger partial charge in [-0.2, -0.15) is 0 Å². The van der Waals surface area contributed by atoms with Crippen molar-refractivity contribution in [2.24, 2.45) is 0 Å². The van der Waals surface area contributed by atoms with Crippen LogP contribution in [-0.4, -0.2) is 63.1 Å². The number of thiophene rings is 1. The highest BCUT2D eigenvalue weighted by atomic mass is 32.2. The zero-order chi connectivity index (χ0) is 22.9. The molecule has 1 aliphatic heterocycles. The molecule has 2 amide bonds. The van der Waals surface area contributed by atoms with E-state index in [9.17, 15) is 14.4 Å². The Bertz CT molecular complexity index is 1240. The molecule has 3 aromatic rings. The second-order valence-electron chi connectivity index (χ2n) is 8.33. The van der Waals surface area contributed by atoms with Gasteiger partial charge in [0.25, 0.3) is 11.5 Å². The van der Waals surface area contributed by atoms with E-state index in [1.165, 1.54) is 28.5 Å². The van der Waals surface area contributed by atoms with Crippen LogP contribution >= 0.6 is 23.1 Å². The minimum atomic E-state index is -0.148. The first-order chi connectivity index (χ1) is 16.1. The van der Waals surface area contributed by atoms with Crippen molar-refractivity contribution in [3.8, 4) is 0 Å². The third-order valence-corrected chi connectivity index (χ3v) is 8.36. The molecule has 0 atom stereocenters. The van der Waals surface area contributed by atoms with Crippen molar-refractivity contribution in [1.29, 1.82) is 0 Å². The number of nitrogens with zero attached hydrogens (tertiary/aromatic N) is 4. The normalized spacial score (nSPS) is 15.9. The Labute approximate surface area is 199 Å². The van der Waals surface area contributed by atoms with Gasteiger partial charge in [0.2, 0.25) is 5.91 Å². The van der Waals surface area contributed by atoms with Crippen LogP contribution < -0.4 is 5.56 Å². The second-order valence-corrected chi connectivity index (χ2v) is 10.4. The number of aromatic nitrogens is 2. The van der Waals surface area contributed by atoms with Crippen LogP contribution in [0.1, 0.15) is 40.8 Å². The lowest BCUT2D eigenvalue weighted by atomic mass is 10.2. The second kappa shape index (κ2) is 9.34. The van der Waals surface area contributed by atoms with Gasteiger partial charge in [0.05, 0.1) is 17.4 Å². The highest BCUT2D eigenvalue weighted by molar-refractivity contribution is 7.99. The maximum atomic E-state index is 13.3. The summed E-state index contributed by atoms with van der Waals surface area (Å²) < 4.78 is 6.93. The molecule has 1 fully saturated rings. The van der Waals surface area contributed by atoms with Crippen LogP contribution in [0.5, 0.6) is 0 Å². The quantitative estimate of drug-likeness (QED) is 0.393. The molecule has 0 bridgehead atoms. The number of rotatable bonds is 6. The Balaban J connectivity index is 1.26. The molecule has 2 aliphatic rings. The number of furan rings is 1. The molecule has 0 spiro atoms. The van der Waals surface area contributed by atoms with E-state index in [1.807, 2.05) is 6.92 Å². The Hall–Kier alpha value is -2.59. The van der Waals surface area contributed by atoms with Crippen LogP contribution in [0, 0.1) is 0 Å². The molecule has 0 aromatic carbocycles. The lowest BCUT2D eigenvalue weighted by Crippen LogP contribution is -2.51. The minimum Gasteiger partial charge on any atom is -0.459 e. The number of thioether (sulfide) groups is 1. The predicted molar refractivity (Wildman–Crippen MR) is 128 cm³/mol. The molecule has 4 heterocycles. The van der Waals surface area contributed by atoms with Crippen molar-refractivity contribution < 1.29 is 14.0 Å². The third kappa shape index (κ3) is 4.21. The Morgan fingerprint density at radius 3 is 2.70 bits per heavy atom. The first-order valence-electron chi connectivity index (χ1n) is 11.3. The van der Waals surface area contributed by atoms with Crippen molar-refractivity contribution in [2.45, 2.75) is 44.3 Å². The van der Waals surface area contributed by atoms with E-state index >= 15 is 0 Å². The van der Waals surface area contributed by atoms with E-state index in [4.69, 9.17) is 9.40 Å². The molecule has 1 aliphatic carbocycles. The summed E-state index contributed by atoms with van der Waals surface area (Å²) in [6.45, 7) is 4.55. The molecule has 174 valence electrons.